The van der Waals surface area contributed by atoms with Gasteiger partial charge in [0.1, 0.15) is 23.0 Å². The first kappa shape index (κ1) is 19.5. The topological polar surface area (TPSA) is 69.6 Å². The Kier molecular flexibility index (Phi) is 5.73. The molecule has 0 radical (unpaired) electrons. The summed E-state index contributed by atoms with van der Waals surface area (Å²) in [5, 5.41) is 6.07. The van der Waals surface area contributed by atoms with Gasteiger partial charge in [0.15, 0.2) is 0 Å². The number of benzene rings is 2. The Morgan fingerprint density at radius 2 is 1.57 bits per heavy atom. The quantitative estimate of drug-likeness (QED) is 0.763. The van der Waals surface area contributed by atoms with E-state index in [-0.39, 0.29) is 11.9 Å². The van der Waals surface area contributed by atoms with Crippen molar-refractivity contribution in [3.05, 3.63) is 47.5 Å². The Morgan fingerprint density at radius 3 is 2.11 bits per heavy atom. The van der Waals surface area contributed by atoms with Crippen molar-refractivity contribution in [3.8, 4) is 23.0 Å². The Hall–Kier alpha value is -3.22. The smallest absolute Gasteiger partial charge is 0.240 e. The largest absolute Gasteiger partial charge is 0.497 e. The monoisotopic (exact) mass is 384 g/mol. The van der Waals surface area contributed by atoms with Crippen molar-refractivity contribution in [1.29, 1.82) is 0 Å². The van der Waals surface area contributed by atoms with Gasteiger partial charge in [-0.25, -0.2) is 5.01 Å². The molecule has 148 valence electrons. The molecule has 2 aromatic carbocycles. The molecule has 1 amide bonds. The maximum Gasteiger partial charge on any atom is 0.240 e. The summed E-state index contributed by atoms with van der Waals surface area (Å²) < 4.78 is 21.6. The molecule has 0 aliphatic carbocycles. The van der Waals surface area contributed by atoms with Gasteiger partial charge in [-0.15, -0.1) is 0 Å². The number of ether oxygens (including phenoxy) is 4. The van der Waals surface area contributed by atoms with Crippen LogP contribution in [0.2, 0.25) is 0 Å². The molecule has 0 spiro atoms. The van der Waals surface area contributed by atoms with E-state index in [1.807, 2.05) is 30.3 Å². The highest BCUT2D eigenvalue weighted by Crippen LogP contribution is 2.40. The Balaban J connectivity index is 2.03. The van der Waals surface area contributed by atoms with Gasteiger partial charge in [-0.2, -0.15) is 5.10 Å². The molecule has 28 heavy (non-hydrogen) atoms. The third-order valence-corrected chi connectivity index (χ3v) is 4.71. The van der Waals surface area contributed by atoms with E-state index in [0.29, 0.717) is 29.4 Å². The molecule has 7 heteroatoms. The first-order chi connectivity index (χ1) is 13.5. The minimum Gasteiger partial charge on any atom is -0.497 e. The lowest BCUT2D eigenvalue weighted by molar-refractivity contribution is -0.130. The summed E-state index contributed by atoms with van der Waals surface area (Å²) in [5.74, 6) is 2.54. The molecule has 1 atom stereocenters. The zero-order chi connectivity index (χ0) is 20.3. The Bertz CT molecular complexity index is 887. The number of rotatable bonds is 6. The number of nitrogens with zero attached hydrogens (tertiary/aromatic N) is 2. The van der Waals surface area contributed by atoms with E-state index < -0.39 is 0 Å². The van der Waals surface area contributed by atoms with Gasteiger partial charge in [0.25, 0.3) is 0 Å². The van der Waals surface area contributed by atoms with Crippen molar-refractivity contribution < 1.29 is 23.7 Å². The van der Waals surface area contributed by atoms with E-state index in [1.165, 1.54) is 11.9 Å². The molecule has 0 saturated heterocycles. The normalized spacial score (nSPS) is 15.8. The fraction of sp³-hybridized carbons (Fsp3) is 0.333. The Labute approximate surface area is 164 Å². The minimum absolute atomic E-state index is 0.153. The number of hydrogen-bond acceptors (Lipinski definition) is 6. The second-order valence-electron chi connectivity index (χ2n) is 6.34. The maximum absolute atomic E-state index is 12.3. The van der Waals surface area contributed by atoms with Crippen LogP contribution in [0.25, 0.3) is 0 Å². The highest BCUT2D eigenvalue weighted by Gasteiger charge is 2.34. The molecule has 0 fully saturated rings. The molecule has 0 saturated carbocycles. The van der Waals surface area contributed by atoms with Crippen molar-refractivity contribution in [3.63, 3.8) is 0 Å². The highest BCUT2D eigenvalue weighted by atomic mass is 16.5. The zero-order valence-corrected chi connectivity index (χ0v) is 16.7. The molecule has 3 rings (SSSR count). The molecule has 7 nitrogen and oxygen atoms in total. The lowest BCUT2D eigenvalue weighted by Gasteiger charge is -2.22. The van der Waals surface area contributed by atoms with Gasteiger partial charge in [0, 0.05) is 30.5 Å². The summed E-state index contributed by atoms with van der Waals surface area (Å²) in [7, 11) is 6.40. The standard InChI is InChI=1S/C21H24N2O5/c1-13(24)23-20(18-11-15(25-2)6-7-21(18)28-5)12-19(22-23)14-8-16(26-3)10-17(9-14)27-4/h6-11,20H,12H2,1-5H3/t20-/m1/s1. The van der Waals surface area contributed by atoms with Gasteiger partial charge in [0.2, 0.25) is 5.91 Å². The van der Waals surface area contributed by atoms with Crippen LogP contribution in [0.4, 0.5) is 0 Å². The average Bonchev–Trinajstić information content (AvgIpc) is 3.18. The number of hydrogen-bond donors (Lipinski definition) is 0. The number of carbonyl (C=O) groups is 1. The fourth-order valence-electron chi connectivity index (χ4n) is 3.29. The lowest BCUT2D eigenvalue weighted by Crippen LogP contribution is -2.24. The SMILES string of the molecule is COc1cc(OC)cc(C2=NN(C(C)=O)[C@@H](c3cc(OC)ccc3OC)C2)c1. The first-order valence-corrected chi connectivity index (χ1v) is 8.83. The fourth-order valence-corrected chi connectivity index (χ4v) is 3.29. The average molecular weight is 384 g/mol. The van der Waals surface area contributed by atoms with Crippen molar-refractivity contribution >= 4 is 11.6 Å². The zero-order valence-electron chi connectivity index (χ0n) is 16.7. The number of carbonyl (C=O) groups excluding carboxylic acids is 1. The van der Waals surface area contributed by atoms with Gasteiger partial charge in [0.05, 0.1) is 40.2 Å². The number of hydrazone groups is 1. The highest BCUT2D eigenvalue weighted by molar-refractivity contribution is 6.03. The van der Waals surface area contributed by atoms with Crippen LogP contribution >= 0.6 is 0 Å². The number of methoxy groups -OCH3 is 4. The third-order valence-electron chi connectivity index (χ3n) is 4.71. The molecule has 0 N–H and O–H groups in total. The van der Waals surface area contributed by atoms with Gasteiger partial charge in [-0.1, -0.05) is 0 Å². The van der Waals surface area contributed by atoms with Gasteiger partial charge < -0.3 is 18.9 Å². The van der Waals surface area contributed by atoms with E-state index in [2.05, 4.69) is 5.10 Å². The lowest BCUT2D eigenvalue weighted by atomic mass is 9.97. The third kappa shape index (κ3) is 3.74. The molecule has 2 aromatic rings. The summed E-state index contributed by atoms with van der Waals surface area (Å²) in [6, 6.07) is 10.8. The van der Waals surface area contributed by atoms with Crippen LogP contribution in [0.5, 0.6) is 23.0 Å². The summed E-state index contributed by atoms with van der Waals surface area (Å²) >= 11 is 0. The van der Waals surface area contributed by atoms with Gasteiger partial charge >= 0.3 is 0 Å². The van der Waals surface area contributed by atoms with Crippen molar-refractivity contribution in [2.24, 2.45) is 5.10 Å². The van der Waals surface area contributed by atoms with Crippen LogP contribution in [0.3, 0.4) is 0 Å². The minimum atomic E-state index is -0.297. The van der Waals surface area contributed by atoms with E-state index >= 15 is 0 Å². The molecule has 0 bridgehead atoms. The van der Waals surface area contributed by atoms with Crippen molar-refractivity contribution in [1.82, 2.24) is 5.01 Å². The summed E-state index contributed by atoms with van der Waals surface area (Å²) in [6.45, 7) is 1.50. The molecule has 1 aliphatic rings. The number of amides is 1. The van der Waals surface area contributed by atoms with E-state index in [9.17, 15) is 4.79 Å². The van der Waals surface area contributed by atoms with Gasteiger partial charge in [-0.05, 0) is 30.3 Å². The predicted molar refractivity (Wildman–Crippen MR) is 106 cm³/mol. The second kappa shape index (κ2) is 8.21. The predicted octanol–water partition coefficient (Wildman–Crippen LogP) is 3.42. The van der Waals surface area contributed by atoms with Crippen LogP contribution < -0.4 is 18.9 Å². The van der Waals surface area contributed by atoms with Crippen LogP contribution in [0, 0.1) is 0 Å². The van der Waals surface area contributed by atoms with Crippen LogP contribution in [-0.4, -0.2) is 45.1 Å². The second-order valence-corrected chi connectivity index (χ2v) is 6.34. The molecule has 0 aromatic heterocycles. The summed E-state index contributed by atoms with van der Waals surface area (Å²) in [6.07, 6.45) is 0.527. The van der Waals surface area contributed by atoms with Crippen molar-refractivity contribution in [2.75, 3.05) is 28.4 Å². The van der Waals surface area contributed by atoms with E-state index in [0.717, 1.165) is 16.8 Å². The van der Waals surface area contributed by atoms with Crippen molar-refractivity contribution in [2.45, 2.75) is 19.4 Å². The molecular formula is C21H24N2O5. The molecule has 1 aliphatic heterocycles. The van der Waals surface area contributed by atoms with Crippen LogP contribution in [0.1, 0.15) is 30.5 Å². The van der Waals surface area contributed by atoms with Gasteiger partial charge in [-0.3, -0.25) is 4.79 Å². The van der Waals surface area contributed by atoms with E-state index in [1.54, 1.807) is 34.5 Å². The first-order valence-electron chi connectivity index (χ1n) is 8.83. The summed E-state index contributed by atoms with van der Waals surface area (Å²) in [5.41, 5.74) is 2.44. The van der Waals surface area contributed by atoms with Crippen LogP contribution in [0.15, 0.2) is 41.5 Å². The van der Waals surface area contributed by atoms with Crippen LogP contribution in [-0.2, 0) is 4.79 Å². The molecular weight excluding hydrogens is 360 g/mol. The maximum atomic E-state index is 12.3. The Morgan fingerprint density at radius 1 is 0.929 bits per heavy atom. The molecule has 1 heterocycles. The van der Waals surface area contributed by atoms with E-state index in [4.69, 9.17) is 18.9 Å². The molecule has 0 unspecified atom stereocenters. The summed E-state index contributed by atoms with van der Waals surface area (Å²) in [4.78, 5) is 12.3.